The molecule has 2 heterocycles. The van der Waals surface area contributed by atoms with Crippen molar-refractivity contribution in [1.82, 2.24) is 9.55 Å². The highest BCUT2D eigenvalue weighted by Crippen LogP contribution is 2.33. The van der Waals surface area contributed by atoms with Crippen LogP contribution in [-0.2, 0) is 17.5 Å². The summed E-state index contributed by atoms with van der Waals surface area (Å²) in [6.45, 7) is -0.491. The number of nitrogens with zero attached hydrogens (tertiary/aromatic N) is 2. The van der Waals surface area contributed by atoms with E-state index in [0.717, 1.165) is 16.7 Å². The van der Waals surface area contributed by atoms with Gasteiger partial charge in [-0.2, -0.15) is 13.2 Å². The number of benzene rings is 1. The molecule has 0 bridgehead atoms. The van der Waals surface area contributed by atoms with Crippen LogP contribution < -0.4 is 11.1 Å². The number of alkyl halides is 3. The first kappa shape index (κ1) is 17.0. The molecule has 0 atom stereocenters. The van der Waals surface area contributed by atoms with Gasteiger partial charge in [-0.1, -0.05) is 11.6 Å². The fourth-order valence-corrected chi connectivity index (χ4v) is 2.34. The molecular formula is C15H9ClF3N3O3. The Hall–Kier alpha value is -2.81. The van der Waals surface area contributed by atoms with Gasteiger partial charge in [0, 0.05) is 6.20 Å². The molecule has 130 valence electrons. The smallest absolute Gasteiger partial charge is 0.406 e. The zero-order chi connectivity index (χ0) is 18.2. The van der Waals surface area contributed by atoms with Gasteiger partial charge in [0.1, 0.15) is 6.54 Å². The Morgan fingerprint density at radius 1 is 1.32 bits per heavy atom. The van der Waals surface area contributed by atoms with Crippen LogP contribution in [0, 0.1) is 0 Å². The second-order valence-corrected chi connectivity index (χ2v) is 5.43. The minimum absolute atomic E-state index is 0.0659. The van der Waals surface area contributed by atoms with Crippen LogP contribution in [0.5, 0.6) is 0 Å². The number of oxazole rings is 1. The fourth-order valence-electron chi connectivity index (χ4n) is 2.17. The second kappa shape index (κ2) is 6.25. The van der Waals surface area contributed by atoms with E-state index in [1.165, 1.54) is 12.3 Å². The molecule has 3 aromatic rings. The Morgan fingerprint density at radius 2 is 2.08 bits per heavy atom. The molecule has 6 nitrogen and oxygen atoms in total. The molecule has 0 saturated carbocycles. The largest absolute Gasteiger partial charge is 0.421 e. The van der Waals surface area contributed by atoms with Crippen LogP contribution in [0.25, 0.3) is 11.2 Å². The maximum Gasteiger partial charge on any atom is 0.421 e. The van der Waals surface area contributed by atoms with Gasteiger partial charge in [-0.25, -0.2) is 14.3 Å². The van der Waals surface area contributed by atoms with Crippen LogP contribution in [0.4, 0.5) is 18.9 Å². The molecule has 10 heteroatoms. The van der Waals surface area contributed by atoms with E-state index in [-0.39, 0.29) is 21.9 Å². The summed E-state index contributed by atoms with van der Waals surface area (Å²) < 4.78 is 44.1. The van der Waals surface area contributed by atoms with Crippen LogP contribution >= 0.6 is 11.6 Å². The molecule has 25 heavy (non-hydrogen) atoms. The summed E-state index contributed by atoms with van der Waals surface area (Å²) in [5.41, 5.74) is -0.828. The van der Waals surface area contributed by atoms with Crippen LogP contribution in [0.2, 0.25) is 5.02 Å². The molecule has 0 fully saturated rings. The summed E-state index contributed by atoms with van der Waals surface area (Å²) in [5, 5.41) is 2.19. The number of hydrogen-bond acceptors (Lipinski definition) is 4. The van der Waals surface area contributed by atoms with Crippen molar-refractivity contribution in [3.05, 3.63) is 57.7 Å². The van der Waals surface area contributed by atoms with Crippen molar-refractivity contribution in [2.24, 2.45) is 0 Å². The van der Waals surface area contributed by atoms with E-state index < -0.39 is 29.9 Å². The quantitative estimate of drug-likeness (QED) is 0.766. The van der Waals surface area contributed by atoms with E-state index in [4.69, 9.17) is 16.0 Å². The summed E-state index contributed by atoms with van der Waals surface area (Å²) in [7, 11) is 0. The van der Waals surface area contributed by atoms with Crippen LogP contribution in [0.15, 0.2) is 45.7 Å². The number of anilines is 1. The molecule has 3 rings (SSSR count). The highest BCUT2D eigenvalue weighted by molar-refractivity contribution is 6.33. The Bertz CT molecular complexity index is 1010. The number of carbonyl (C=O) groups is 1. The number of rotatable bonds is 3. The number of hydrogen-bond donors (Lipinski definition) is 1. The molecule has 1 amide bonds. The number of amides is 1. The highest BCUT2D eigenvalue weighted by atomic mass is 35.5. The van der Waals surface area contributed by atoms with Gasteiger partial charge in [0.25, 0.3) is 0 Å². The molecular weight excluding hydrogens is 363 g/mol. The minimum Gasteiger partial charge on any atom is -0.406 e. The predicted molar refractivity (Wildman–Crippen MR) is 83.4 cm³/mol. The molecule has 1 aromatic carbocycles. The minimum atomic E-state index is -4.58. The number of aromatic nitrogens is 2. The number of pyridine rings is 1. The fraction of sp³-hybridized carbons (Fsp3) is 0.133. The summed E-state index contributed by atoms with van der Waals surface area (Å²) in [4.78, 5) is 27.8. The SMILES string of the molecule is O=C(Cn1c(=O)oc2cccnc21)Nc1cc(C(F)(F)F)ccc1Cl. The number of carbonyl (C=O) groups excluding carboxylic acids is 1. The Kier molecular flexibility index (Phi) is 4.25. The van der Waals surface area contributed by atoms with Crippen molar-refractivity contribution in [1.29, 1.82) is 0 Å². The van der Waals surface area contributed by atoms with Gasteiger partial charge in [0.15, 0.2) is 11.2 Å². The van der Waals surface area contributed by atoms with Crippen molar-refractivity contribution in [3.8, 4) is 0 Å². The topological polar surface area (TPSA) is 77.1 Å². The lowest BCUT2D eigenvalue weighted by molar-refractivity contribution is -0.137. The average molecular weight is 372 g/mol. The van der Waals surface area contributed by atoms with Crippen molar-refractivity contribution >= 4 is 34.4 Å². The third-order valence-electron chi connectivity index (χ3n) is 3.29. The van der Waals surface area contributed by atoms with Crippen molar-refractivity contribution in [3.63, 3.8) is 0 Å². The first-order valence-corrected chi connectivity index (χ1v) is 7.24. The maximum atomic E-state index is 12.7. The Balaban J connectivity index is 1.86. The van der Waals surface area contributed by atoms with Gasteiger partial charge in [0.2, 0.25) is 5.91 Å². The number of halogens is 4. The lowest BCUT2D eigenvalue weighted by Gasteiger charge is -2.11. The molecule has 0 unspecified atom stereocenters. The van der Waals surface area contributed by atoms with Crippen molar-refractivity contribution < 1.29 is 22.4 Å². The summed E-state index contributed by atoms with van der Waals surface area (Å²) >= 11 is 5.82. The molecule has 0 radical (unpaired) electrons. The van der Waals surface area contributed by atoms with Crippen LogP contribution in [-0.4, -0.2) is 15.5 Å². The standard InChI is InChI=1S/C15H9ClF3N3O3/c16-9-4-3-8(15(17,18)19)6-10(9)21-12(23)7-22-13-11(25-14(22)24)2-1-5-20-13/h1-6H,7H2,(H,21,23). The molecule has 0 aliphatic rings. The maximum absolute atomic E-state index is 12.7. The zero-order valence-corrected chi connectivity index (χ0v) is 13.1. The molecule has 2 aromatic heterocycles. The van der Waals surface area contributed by atoms with E-state index in [9.17, 15) is 22.8 Å². The molecule has 0 spiro atoms. The Labute approximate surface area is 142 Å². The third-order valence-corrected chi connectivity index (χ3v) is 3.62. The van der Waals surface area contributed by atoms with E-state index in [0.29, 0.717) is 6.07 Å². The first-order valence-electron chi connectivity index (χ1n) is 6.86. The lowest BCUT2D eigenvalue weighted by Crippen LogP contribution is -2.25. The lowest BCUT2D eigenvalue weighted by atomic mass is 10.2. The average Bonchev–Trinajstić information content (AvgIpc) is 2.84. The highest BCUT2D eigenvalue weighted by Gasteiger charge is 2.31. The second-order valence-electron chi connectivity index (χ2n) is 5.02. The molecule has 0 aliphatic carbocycles. The predicted octanol–water partition coefficient (Wildman–Crippen LogP) is 3.30. The van der Waals surface area contributed by atoms with Crippen molar-refractivity contribution in [2.75, 3.05) is 5.32 Å². The van der Waals surface area contributed by atoms with Gasteiger partial charge in [0.05, 0.1) is 16.3 Å². The monoisotopic (exact) mass is 371 g/mol. The zero-order valence-electron chi connectivity index (χ0n) is 12.3. The first-order chi connectivity index (χ1) is 11.8. The van der Waals surface area contributed by atoms with Crippen LogP contribution in [0.3, 0.4) is 0 Å². The van der Waals surface area contributed by atoms with E-state index >= 15 is 0 Å². The van der Waals surface area contributed by atoms with Gasteiger partial charge >= 0.3 is 11.9 Å². The normalized spacial score (nSPS) is 11.7. The molecule has 0 saturated heterocycles. The van der Waals surface area contributed by atoms with E-state index in [1.54, 1.807) is 6.07 Å². The van der Waals surface area contributed by atoms with Gasteiger partial charge in [-0.05, 0) is 30.3 Å². The number of fused-ring (bicyclic) bond motifs is 1. The van der Waals surface area contributed by atoms with Gasteiger partial charge in [-0.15, -0.1) is 0 Å². The van der Waals surface area contributed by atoms with Gasteiger partial charge < -0.3 is 9.73 Å². The summed E-state index contributed by atoms with van der Waals surface area (Å²) in [6.07, 6.45) is -3.17. The van der Waals surface area contributed by atoms with Gasteiger partial charge in [-0.3, -0.25) is 4.79 Å². The number of nitrogens with one attached hydrogen (secondary N) is 1. The Morgan fingerprint density at radius 3 is 2.80 bits per heavy atom. The summed E-state index contributed by atoms with van der Waals surface area (Å²) in [5.74, 6) is -1.56. The molecule has 0 aliphatic heterocycles. The summed E-state index contributed by atoms with van der Waals surface area (Å²) in [6, 6.07) is 5.60. The van der Waals surface area contributed by atoms with Crippen molar-refractivity contribution in [2.45, 2.75) is 12.7 Å². The van der Waals surface area contributed by atoms with E-state index in [2.05, 4.69) is 10.3 Å². The third kappa shape index (κ3) is 3.50. The van der Waals surface area contributed by atoms with E-state index in [1.807, 2.05) is 0 Å². The molecule has 1 N–H and O–H groups in total. The van der Waals surface area contributed by atoms with Crippen LogP contribution in [0.1, 0.15) is 5.56 Å².